The van der Waals surface area contributed by atoms with Gasteiger partial charge in [-0.2, -0.15) is 18.4 Å². The first-order chi connectivity index (χ1) is 7.02. The molecular formula is C8H3F3N4. The average Bonchev–Trinajstić information content (AvgIpc) is 2.59. The summed E-state index contributed by atoms with van der Waals surface area (Å²) in [7, 11) is 0. The summed E-state index contributed by atoms with van der Waals surface area (Å²) < 4.78 is 37.7. The zero-order valence-corrected chi connectivity index (χ0v) is 7.15. The first-order valence-electron chi connectivity index (χ1n) is 3.85. The lowest BCUT2D eigenvalue weighted by Crippen LogP contribution is -2.07. The topological polar surface area (TPSA) is 54.0 Å². The molecule has 0 bridgehead atoms. The van der Waals surface area contributed by atoms with Gasteiger partial charge in [-0.05, 0) is 12.1 Å². The van der Waals surface area contributed by atoms with Crippen molar-refractivity contribution in [1.29, 1.82) is 5.26 Å². The maximum absolute atomic E-state index is 12.2. The monoisotopic (exact) mass is 212 g/mol. The number of hydrogen-bond donors (Lipinski definition) is 0. The predicted octanol–water partition coefficient (Wildman–Crippen LogP) is 1.62. The summed E-state index contributed by atoms with van der Waals surface area (Å²) in [5.74, 6) is -1.25. The van der Waals surface area contributed by atoms with E-state index in [2.05, 4.69) is 10.1 Å². The minimum Gasteiger partial charge on any atom is -0.219 e. The SMILES string of the molecule is N#Cc1cccn2nc(C(F)(F)F)nc12. The Bertz CT molecular complexity index is 549. The molecule has 0 aliphatic heterocycles. The van der Waals surface area contributed by atoms with Crippen molar-refractivity contribution in [2.24, 2.45) is 0 Å². The molecule has 2 aromatic rings. The molecule has 7 heteroatoms. The van der Waals surface area contributed by atoms with Crippen LogP contribution in [0.15, 0.2) is 18.3 Å². The van der Waals surface area contributed by atoms with E-state index in [-0.39, 0.29) is 11.2 Å². The third-order valence-corrected chi connectivity index (χ3v) is 1.74. The van der Waals surface area contributed by atoms with Crippen LogP contribution < -0.4 is 0 Å². The van der Waals surface area contributed by atoms with E-state index in [0.29, 0.717) is 0 Å². The lowest BCUT2D eigenvalue weighted by atomic mass is 10.3. The third kappa shape index (κ3) is 1.50. The van der Waals surface area contributed by atoms with Crippen LogP contribution in [-0.4, -0.2) is 14.6 Å². The summed E-state index contributed by atoms with van der Waals surface area (Å²) in [6.45, 7) is 0. The van der Waals surface area contributed by atoms with Crippen molar-refractivity contribution in [3.63, 3.8) is 0 Å². The Balaban J connectivity index is 2.72. The van der Waals surface area contributed by atoms with Crippen LogP contribution in [0.2, 0.25) is 0 Å². The van der Waals surface area contributed by atoms with E-state index in [9.17, 15) is 13.2 Å². The van der Waals surface area contributed by atoms with Crippen molar-refractivity contribution >= 4 is 5.65 Å². The predicted molar refractivity (Wildman–Crippen MR) is 42.7 cm³/mol. The number of aromatic nitrogens is 3. The molecule has 0 saturated carbocycles. The molecule has 2 heterocycles. The minimum absolute atomic E-state index is 0.0560. The minimum atomic E-state index is -4.60. The quantitative estimate of drug-likeness (QED) is 0.666. The molecule has 0 amide bonds. The molecule has 4 nitrogen and oxygen atoms in total. The lowest BCUT2D eigenvalue weighted by molar-refractivity contribution is -0.144. The Labute approximate surface area is 81.6 Å². The van der Waals surface area contributed by atoms with Crippen LogP contribution in [0.25, 0.3) is 5.65 Å². The lowest BCUT2D eigenvalue weighted by Gasteiger charge is -1.96. The molecule has 0 aromatic carbocycles. The van der Waals surface area contributed by atoms with Gasteiger partial charge >= 0.3 is 6.18 Å². The fourth-order valence-electron chi connectivity index (χ4n) is 1.11. The van der Waals surface area contributed by atoms with Crippen LogP contribution >= 0.6 is 0 Å². The van der Waals surface area contributed by atoms with Gasteiger partial charge in [-0.25, -0.2) is 9.50 Å². The van der Waals surface area contributed by atoms with Crippen LogP contribution in [0.5, 0.6) is 0 Å². The summed E-state index contributed by atoms with van der Waals surface area (Å²) >= 11 is 0. The molecule has 76 valence electrons. The first-order valence-corrected chi connectivity index (χ1v) is 3.85. The van der Waals surface area contributed by atoms with Gasteiger partial charge in [0.2, 0.25) is 0 Å². The van der Waals surface area contributed by atoms with Crippen LogP contribution in [-0.2, 0) is 6.18 Å². The van der Waals surface area contributed by atoms with Gasteiger partial charge in [-0.1, -0.05) is 0 Å². The van der Waals surface area contributed by atoms with Crippen molar-refractivity contribution in [3.05, 3.63) is 29.7 Å². The molecule has 0 aliphatic rings. The summed E-state index contributed by atoms with van der Waals surface area (Å²) in [5, 5.41) is 11.9. The number of pyridine rings is 1. The second kappa shape index (κ2) is 2.95. The average molecular weight is 212 g/mol. The highest BCUT2D eigenvalue weighted by Crippen LogP contribution is 2.26. The molecule has 0 N–H and O–H groups in total. The molecule has 0 radical (unpaired) electrons. The molecule has 0 spiro atoms. The maximum atomic E-state index is 12.2. The van der Waals surface area contributed by atoms with Crippen LogP contribution in [0, 0.1) is 11.3 Å². The zero-order chi connectivity index (χ0) is 11.1. The van der Waals surface area contributed by atoms with E-state index in [4.69, 9.17) is 5.26 Å². The van der Waals surface area contributed by atoms with Gasteiger partial charge in [0.1, 0.15) is 6.07 Å². The number of nitriles is 1. The van der Waals surface area contributed by atoms with Gasteiger partial charge in [0.25, 0.3) is 5.82 Å². The van der Waals surface area contributed by atoms with E-state index in [1.807, 2.05) is 0 Å². The van der Waals surface area contributed by atoms with E-state index < -0.39 is 12.0 Å². The first kappa shape index (κ1) is 9.45. The molecule has 0 fully saturated rings. The van der Waals surface area contributed by atoms with Crippen molar-refractivity contribution < 1.29 is 13.2 Å². The van der Waals surface area contributed by atoms with Crippen LogP contribution in [0.4, 0.5) is 13.2 Å². The Morgan fingerprint density at radius 2 is 2.13 bits per heavy atom. The Kier molecular flexibility index (Phi) is 1.86. The molecule has 15 heavy (non-hydrogen) atoms. The summed E-state index contributed by atoms with van der Waals surface area (Å²) in [5.41, 5.74) is -0.0344. The number of fused-ring (bicyclic) bond motifs is 1. The van der Waals surface area contributed by atoms with E-state index in [1.54, 1.807) is 6.07 Å². The van der Waals surface area contributed by atoms with Crippen molar-refractivity contribution in [3.8, 4) is 6.07 Å². The van der Waals surface area contributed by atoms with E-state index >= 15 is 0 Å². The van der Waals surface area contributed by atoms with Gasteiger partial charge in [0, 0.05) is 6.20 Å². The Hall–Kier alpha value is -2.10. The smallest absolute Gasteiger partial charge is 0.219 e. The maximum Gasteiger partial charge on any atom is 0.453 e. The van der Waals surface area contributed by atoms with Gasteiger partial charge < -0.3 is 0 Å². The van der Waals surface area contributed by atoms with Crippen LogP contribution in [0.1, 0.15) is 11.4 Å². The molecule has 2 aromatic heterocycles. The number of rotatable bonds is 0. The van der Waals surface area contributed by atoms with Gasteiger partial charge in [0.05, 0.1) is 5.56 Å². The number of hydrogen-bond acceptors (Lipinski definition) is 3. The molecule has 0 aliphatic carbocycles. The zero-order valence-electron chi connectivity index (χ0n) is 7.15. The molecule has 0 saturated heterocycles. The number of nitrogens with zero attached hydrogens (tertiary/aromatic N) is 4. The molecule has 0 unspecified atom stereocenters. The second-order valence-corrected chi connectivity index (χ2v) is 2.74. The number of alkyl halides is 3. The number of halogens is 3. The second-order valence-electron chi connectivity index (χ2n) is 2.74. The highest BCUT2D eigenvalue weighted by Gasteiger charge is 2.36. The van der Waals surface area contributed by atoms with Crippen molar-refractivity contribution in [2.45, 2.75) is 6.18 Å². The summed E-state index contributed by atoms with van der Waals surface area (Å²) in [4.78, 5) is 3.26. The fraction of sp³-hybridized carbons (Fsp3) is 0.125. The largest absolute Gasteiger partial charge is 0.453 e. The Morgan fingerprint density at radius 1 is 1.40 bits per heavy atom. The normalized spacial score (nSPS) is 11.6. The fourth-order valence-corrected chi connectivity index (χ4v) is 1.11. The Morgan fingerprint density at radius 3 is 2.73 bits per heavy atom. The van der Waals surface area contributed by atoms with E-state index in [0.717, 1.165) is 4.52 Å². The van der Waals surface area contributed by atoms with Gasteiger partial charge in [-0.3, -0.25) is 0 Å². The summed E-state index contributed by atoms with van der Waals surface area (Å²) in [6.07, 6.45) is -3.29. The van der Waals surface area contributed by atoms with Crippen molar-refractivity contribution in [1.82, 2.24) is 14.6 Å². The molecule has 0 atom stereocenters. The standard InChI is InChI=1S/C8H3F3N4/c9-8(10,11)7-13-6-5(4-12)2-1-3-15(6)14-7/h1-3H. The van der Waals surface area contributed by atoms with Crippen molar-refractivity contribution in [2.75, 3.05) is 0 Å². The molecular weight excluding hydrogens is 209 g/mol. The molecule has 2 rings (SSSR count). The highest BCUT2D eigenvalue weighted by atomic mass is 19.4. The third-order valence-electron chi connectivity index (χ3n) is 1.74. The van der Waals surface area contributed by atoms with Gasteiger partial charge in [0.15, 0.2) is 5.65 Å². The van der Waals surface area contributed by atoms with Gasteiger partial charge in [-0.15, -0.1) is 5.10 Å². The van der Waals surface area contributed by atoms with E-state index in [1.165, 1.54) is 18.3 Å². The highest BCUT2D eigenvalue weighted by molar-refractivity contribution is 5.54. The summed E-state index contributed by atoms with van der Waals surface area (Å²) in [6, 6.07) is 4.55. The van der Waals surface area contributed by atoms with Crippen LogP contribution in [0.3, 0.4) is 0 Å².